The van der Waals surface area contributed by atoms with Crippen LogP contribution in [0.15, 0.2) is 72.8 Å². The van der Waals surface area contributed by atoms with E-state index in [0.29, 0.717) is 12.8 Å². The van der Waals surface area contributed by atoms with Crippen molar-refractivity contribution in [2.45, 2.75) is 31.7 Å². The lowest BCUT2D eigenvalue weighted by atomic mass is 10.0. The third-order valence-corrected chi connectivity index (χ3v) is 4.64. The molecule has 0 radical (unpaired) electrons. The van der Waals surface area contributed by atoms with E-state index in [1.165, 1.54) is 5.56 Å². The Morgan fingerprint density at radius 1 is 0.852 bits per heavy atom. The molecular weight excluding hydrogens is 336 g/mol. The van der Waals surface area contributed by atoms with Crippen molar-refractivity contribution in [3.05, 3.63) is 83.9 Å². The van der Waals surface area contributed by atoms with E-state index in [1.54, 1.807) is 0 Å². The van der Waals surface area contributed by atoms with Crippen LogP contribution < -0.4 is 11.1 Å². The molecule has 4 nitrogen and oxygen atoms in total. The minimum atomic E-state index is -0.699. The van der Waals surface area contributed by atoms with Crippen molar-refractivity contribution >= 4 is 22.6 Å². The molecule has 0 spiro atoms. The first-order valence-electron chi connectivity index (χ1n) is 9.22. The first-order valence-corrected chi connectivity index (χ1v) is 9.22. The molecule has 3 aromatic rings. The van der Waals surface area contributed by atoms with Gasteiger partial charge >= 0.3 is 0 Å². The van der Waals surface area contributed by atoms with Crippen molar-refractivity contribution < 1.29 is 9.59 Å². The van der Waals surface area contributed by atoms with Gasteiger partial charge in [0.15, 0.2) is 0 Å². The van der Waals surface area contributed by atoms with E-state index < -0.39 is 11.9 Å². The van der Waals surface area contributed by atoms with Crippen LogP contribution in [0.1, 0.15) is 24.0 Å². The van der Waals surface area contributed by atoms with Crippen LogP contribution in [0.4, 0.5) is 0 Å². The topological polar surface area (TPSA) is 72.2 Å². The highest BCUT2D eigenvalue weighted by Crippen LogP contribution is 2.16. The van der Waals surface area contributed by atoms with Gasteiger partial charge in [0.25, 0.3) is 0 Å². The molecule has 3 rings (SSSR count). The summed E-state index contributed by atoms with van der Waals surface area (Å²) in [4.78, 5) is 24.0. The van der Waals surface area contributed by atoms with Crippen molar-refractivity contribution in [1.82, 2.24) is 5.32 Å². The Morgan fingerprint density at radius 3 is 2.30 bits per heavy atom. The van der Waals surface area contributed by atoms with Crippen molar-refractivity contribution in [3.8, 4) is 0 Å². The van der Waals surface area contributed by atoms with Gasteiger partial charge in [0.2, 0.25) is 11.8 Å². The molecule has 0 heterocycles. The van der Waals surface area contributed by atoms with Crippen molar-refractivity contribution in [2.75, 3.05) is 0 Å². The van der Waals surface area contributed by atoms with Crippen LogP contribution in [0.5, 0.6) is 0 Å². The van der Waals surface area contributed by atoms with Gasteiger partial charge in [0, 0.05) is 12.8 Å². The molecule has 0 unspecified atom stereocenters. The minimum Gasteiger partial charge on any atom is -0.368 e. The van der Waals surface area contributed by atoms with Gasteiger partial charge in [-0.2, -0.15) is 0 Å². The third kappa shape index (κ3) is 5.42. The normalized spacial score (nSPS) is 11.9. The summed E-state index contributed by atoms with van der Waals surface area (Å²) in [6, 6.07) is 23.4. The molecule has 4 heteroatoms. The minimum absolute atomic E-state index is 0.143. The summed E-state index contributed by atoms with van der Waals surface area (Å²) < 4.78 is 0. The van der Waals surface area contributed by atoms with Gasteiger partial charge in [-0.3, -0.25) is 9.59 Å². The first kappa shape index (κ1) is 18.6. The number of nitrogens with one attached hydrogen (secondary N) is 1. The van der Waals surface area contributed by atoms with Crippen LogP contribution >= 0.6 is 0 Å². The summed E-state index contributed by atoms with van der Waals surface area (Å²) in [5, 5.41) is 5.03. The van der Waals surface area contributed by atoms with Crippen molar-refractivity contribution in [2.24, 2.45) is 5.73 Å². The summed E-state index contributed by atoms with van der Waals surface area (Å²) in [5.74, 6) is -0.657. The maximum absolute atomic E-state index is 12.2. The van der Waals surface area contributed by atoms with Gasteiger partial charge in [-0.05, 0) is 34.7 Å². The molecule has 3 N–H and O–H groups in total. The zero-order valence-corrected chi connectivity index (χ0v) is 15.2. The number of nitrogens with two attached hydrogens (primary N) is 1. The van der Waals surface area contributed by atoms with Gasteiger partial charge in [0.05, 0.1) is 0 Å². The smallest absolute Gasteiger partial charge is 0.240 e. The summed E-state index contributed by atoms with van der Waals surface area (Å²) >= 11 is 0. The first-order chi connectivity index (χ1) is 13.1. The fraction of sp³-hybridized carbons (Fsp3) is 0.217. The van der Waals surface area contributed by atoms with Gasteiger partial charge in [-0.15, -0.1) is 0 Å². The number of benzene rings is 3. The lowest BCUT2D eigenvalue weighted by molar-refractivity contribution is -0.127. The van der Waals surface area contributed by atoms with Gasteiger partial charge < -0.3 is 11.1 Å². The second kappa shape index (κ2) is 8.99. The lowest BCUT2D eigenvalue weighted by Crippen LogP contribution is -2.45. The number of rotatable bonds is 8. The average molecular weight is 360 g/mol. The molecule has 138 valence electrons. The lowest BCUT2D eigenvalue weighted by Gasteiger charge is -2.16. The number of carbonyl (C=O) groups is 2. The number of primary amides is 1. The van der Waals surface area contributed by atoms with E-state index in [2.05, 4.69) is 5.32 Å². The molecule has 0 saturated heterocycles. The van der Waals surface area contributed by atoms with Gasteiger partial charge in [-0.25, -0.2) is 0 Å². The molecule has 0 fully saturated rings. The van der Waals surface area contributed by atoms with Crippen LogP contribution in [0.2, 0.25) is 0 Å². The number of carbonyl (C=O) groups excluding carboxylic acids is 2. The van der Waals surface area contributed by atoms with Crippen LogP contribution in [0.3, 0.4) is 0 Å². The van der Waals surface area contributed by atoms with Crippen LogP contribution in [-0.2, 0) is 22.4 Å². The number of fused-ring (bicyclic) bond motifs is 1. The van der Waals surface area contributed by atoms with E-state index in [1.807, 2.05) is 72.8 Å². The van der Waals surface area contributed by atoms with E-state index in [4.69, 9.17) is 5.73 Å². The number of amides is 2. The second-order valence-corrected chi connectivity index (χ2v) is 6.75. The molecule has 0 bridgehead atoms. The Balaban J connectivity index is 1.56. The van der Waals surface area contributed by atoms with Gasteiger partial charge in [0.1, 0.15) is 6.04 Å². The second-order valence-electron chi connectivity index (χ2n) is 6.75. The molecule has 3 aromatic carbocycles. The summed E-state index contributed by atoms with van der Waals surface area (Å²) in [6.07, 6.45) is 2.33. The van der Waals surface area contributed by atoms with E-state index in [-0.39, 0.29) is 5.91 Å². The number of hydrogen-bond acceptors (Lipinski definition) is 2. The predicted octanol–water partition coefficient (Wildman–Crippen LogP) is 3.38. The maximum atomic E-state index is 12.2. The van der Waals surface area contributed by atoms with E-state index >= 15 is 0 Å². The Bertz CT molecular complexity index is 922. The maximum Gasteiger partial charge on any atom is 0.240 e. The Morgan fingerprint density at radius 2 is 1.56 bits per heavy atom. The third-order valence-electron chi connectivity index (χ3n) is 4.64. The largest absolute Gasteiger partial charge is 0.368 e. The molecule has 0 aliphatic rings. The highest BCUT2D eigenvalue weighted by molar-refractivity contribution is 5.87. The number of aryl methyl sites for hydroxylation is 1. The molecular formula is C23H24N2O2. The van der Waals surface area contributed by atoms with E-state index in [0.717, 1.165) is 29.2 Å². The van der Waals surface area contributed by atoms with E-state index in [9.17, 15) is 9.59 Å². The van der Waals surface area contributed by atoms with Crippen LogP contribution in [0.25, 0.3) is 10.8 Å². The average Bonchev–Trinajstić information content (AvgIpc) is 2.68. The highest BCUT2D eigenvalue weighted by Gasteiger charge is 2.18. The standard InChI is InChI=1S/C23H24N2O2/c24-23(27)21(16-18-13-14-19-10-4-5-11-20(19)15-18)25-22(26)12-6-9-17-7-2-1-3-8-17/h1-5,7-8,10-11,13-15,21H,6,9,12,16H2,(H2,24,27)(H,25,26)/t21-/m0/s1. The quantitative estimate of drug-likeness (QED) is 0.646. The monoisotopic (exact) mass is 360 g/mol. The zero-order chi connectivity index (χ0) is 19.1. The summed E-state index contributed by atoms with van der Waals surface area (Å²) in [6.45, 7) is 0. The molecule has 1 atom stereocenters. The molecule has 0 aliphatic heterocycles. The highest BCUT2D eigenvalue weighted by atomic mass is 16.2. The zero-order valence-electron chi connectivity index (χ0n) is 15.2. The molecule has 27 heavy (non-hydrogen) atoms. The Kier molecular flexibility index (Phi) is 6.21. The molecule has 2 amide bonds. The predicted molar refractivity (Wildman–Crippen MR) is 108 cm³/mol. The van der Waals surface area contributed by atoms with Crippen molar-refractivity contribution in [3.63, 3.8) is 0 Å². The fourth-order valence-electron chi connectivity index (χ4n) is 3.19. The fourth-order valence-corrected chi connectivity index (χ4v) is 3.19. The SMILES string of the molecule is NC(=O)[C@H](Cc1ccc2ccccc2c1)NC(=O)CCCc1ccccc1. The van der Waals surface area contributed by atoms with Gasteiger partial charge in [-0.1, -0.05) is 72.8 Å². The Labute approximate surface area is 159 Å². The van der Waals surface area contributed by atoms with Crippen molar-refractivity contribution in [1.29, 1.82) is 0 Å². The van der Waals surface area contributed by atoms with Crippen LogP contribution in [-0.4, -0.2) is 17.9 Å². The summed E-state index contributed by atoms with van der Waals surface area (Å²) in [5.41, 5.74) is 7.69. The molecule has 0 aliphatic carbocycles. The molecule has 0 saturated carbocycles. The van der Waals surface area contributed by atoms with Crippen LogP contribution in [0, 0.1) is 0 Å². The Hall–Kier alpha value is -3.14. The molecule has 0 aromatic heterocycles. The number of hydrogen-bond donors (Lipinski definition) is 2. The summed E-state index contributed by atoms with van der Waals surface area (Å²) in [7, 11) is 0.